The van der Waals surface area contributed by atoms with Crippen LogP contribution in [0.3, 0.4) is 0 Å². The van der Waals surface area contributed by atoms with Crippen molar-refractivity contribution in [1.82, 2.24) is 9.80 Å². The molecule has 1 saturated heterocycles. The van der Waals surface area contributed by atoms with Crippen molar-refractivity contribution < 1.29 is 4.79 Å². The molecule has 3 nitrogen and oxygen atoms in total. The number of hydrogen-bond donors (Lipinski definition) is 0. The fourth-order valence-electron chi connectivity index (χ4n) is 4.20. The Bertz CT molecular complexity index is 831. The molecule has 0 atom stereocenters. The topological polar surface area (TPSA) is 23.6 Å². The summed E-state index contributed by atoms with van der Waals surface area (Å²) >= 11 is 6.17. The molecule has 0 spiro atoms. The highest BCUT2D eigenvalue weighted by atomic mass is 35.5. The van der Waals surface area contributed by atoms with Gasteiger partial charge in [0, 0.05) is 37.7 Å². The summed E-state index contributed by atoms with van der Waals surface area (Å²) in [5.41, 5.74) is 3.49. The second-order valence-corrected chi connectivity index (χ2v) is 8.38. The standard InChI is InChI=1S/C23H27ClN2O/c1-18-6-2-3-7-19(18)17-25-12-5-13-26(15-14-25)22(27)23(10-11-23)20-8-4-9-21(24)16-20/h2-4,6-9,16H,5,10-15,17H2,1H3. The Kier molecular flexibility index (Phi) is 5.25. The van der Waals surface area contributed by atoms with E-state index in [0.29, 0.717) is 10.9 Å². The van der Waals surface area contributed by atoms with Gasteiger partial charge in [-0.25, -0.2) is 0 Å². The molecule has 1 aliphatic carbocycles. The molecular weight excluding hydrogens is 356 g/mol. The number of amides is 1. The summed E-state index contributed by atoms with van der Waals surface area (Å²) in [4.78, 5) is 17.9. The zero-order valence-electron chi connectivity index (χ0n) is 16.0. The van der Waals surface area contributed by atoms with E-state index in [1.807, 2.05) is 18.2 Å². The van der Waals surface area contributed by atoms with Gasteiger partial charge in [-0.1, -0.05) is 48.0 Å². The lowest BCUT2D eigenvalue weighted by atomic mass is 9.94. The summed E-state index contributed by atoms with van der Waals surface area (Å²) in [6.45, 7) is 6.78. The molecule has 2 aromatic rings. The second-order valence-electron chi connectivity index (χ2n) is 7.94. The van der Waals surface area contributed by atoms with Crippen LogP contribution < -0.4 is 0 Å². The van der Waals surface area contributed by atoms with Gasteiger partial charge in [-0.05, 0) is 55.0 Å². The Morgan fingerprint density at radius 3 is 2.59 bits per heavy atom. The van der Waals surface area contributed by atoms with E-state index in [1.165, 1.54) is 11.1 Å². The lowest BCUT2D eigenvalue weighted by molar-refractivity contribution is -0.133. The van der Waals surface area contributed by atoms with E-state index in [1.54, 1.807) is 0 Å². The molecule has 27 heavy (non-hydrogen) atoms. The van der Waals surface area contributed by atoms with Crippen molar-refractivity contribution in [2.24, 2.45) is 0 Å². The van der Waals surface area contributed by atoms with Crippen molar-refractivity contribution >= 4 is 17.5 Å². The number of benzene rings is 2. The number of carbonyl (C=O) groups is 1. The van der Waals surface area contributed by atoms with Crippen LogP contribution in [-0.4, -0.2) is 41.9 Å². The van der Waals surface area contributed by atoms with Crippen LogP contribution in [0.1, 0.15) is 36.0 Å². The maximum atomic E-state index is 13.3. The Balaban J connectivity index is 1.42. The zero-order chi connectivity index (χ0) is 18.9. The van der Waals surface area contributed by atoms with Gasteiger partial charge < -0.3 is 4.90 Å². The highest BCUT2D eigenvalue weighted by Gasteiger charge is 2.53. The predicted molar refractivity (Wildman–Crippen MR) is 110 cm³/mol. The van der Waals surface area contributed by atoms with Gasteiger partial charge >= 0.3 is 0 Å². The van der Waals surface area contributed by atoms with Crippen molar-refractivity contribution in [3.8, 4) is 0 Å². The first-order valence-corrected chi connectivity index (χ1v) is 10.3. The van der Waals surface area contributed by atoms with Crippen LogP contribution in [0.4, 0.5) is 0 Å². The third-order valence-corrected chi connectivity index (χ3v) is 6.30. The van der Waals surface area contributed by atoms with Crippen LogP contribution in [-0.2, 0) is 16.8 Å². The normalized spacial score (nSPS) is 19.6. The molecule has 0 bridgehead atoms. The number of rotatable bonds is 4. The second kappa shape index (κ2) is 7.65. The molecule has 142 valence electrons. The smallest absolute Gasteiger partial charge is 0.233 e. The number of nitrogens with zero attached hydrogens (tertiary/aromatic N) is 2. The van der Waals surface area contributed by atoms with Crippen LogP contribution >= 0.6 is 11.6 Å². The van der Waals surface area contributed by atoms with Gasteiger partial charge in [-0.2, -0.15) is 0 Å². The van der Waals surface area contributed by atoms with Crippen LogP contribution in [0.2, 0.25) is 5.02 Å². The van der Waals surface area contributed by atoms with Gasteiger partial charge in [-0.3, -0.25) is 9.69 Å². The van der Waals surface area contributed by atoms with Gasteiger partial charge in [0.1, 0.15) is 0 Å². The molecule has 4 rings (SSSR count). The molecule has 2 fully saturated rings. The number of aryl methyl sites for hydroxylation is 1. The van der Waals surface area contributed by atoms with Crippen LogP contribution in [0.25, 0.3) is 0 Å². The van der Waals surface area contributed by atoms with Crippen molar-refractivity contribution in [2.75, 3.05) is 26.2 Å². The minimum absolute atomic E-state index is 0.294. The van der Waals surface area contributed by atoms with Crippen LogP contribution in [0.5, 0.6) is 0 Å². The molecule has 2 aliphatic rings. The molecular formula is C23H27ClN2O. The largest absolute Gasteiger partial charge is 0.341 e. The summed E-state index contributed by atoms with van der Waals surface area (Å²) in [5, 5.41) is 0.715. The molecule has 1 aliphatic heterocycles. The van der Waals surface area contributed by atoms with Gasteiger partial charge in [0.05, 0.1) is 5.41 Å². The molecule has 1 saturated carbocycles. The van der Waals surface area contributed by atoms with E-state index >= 15 is 0 Å². The summed E-state index contributed by atoms with van der Waals surface area (Å²) in [5.74, 6) is 0.294. The monoisotopic (exact) mass is 382 g/mol. The van der Waals surface area contributed by atoms with Crippen molar-refractivity contribution in [1.29, 1.82) is 0 Å². The number of hydrogen-bond acceptors (Lipinski definition) is 2. The quantitative estimate of drug-likeness (QED) is 0.781. The van der Waals surface area contributed by atoms with E-state index < -0.39 is 0 Å². The van der Waals surface area contributed by atoms with E-state index in [-0.39, 0.29) is 5.41 Å². The summed E-state index contributed by atoms with van der Waals surface area (Å²) in [7, 11) is 0. The Hall–Kier alpha value is -1.84. The number of halogens is 1. The third kappa shape index (κ3) is 3.90. The van der Waals surface area contributed by atoms with Crippen molar-refractivity contribution in [3.05, 3.63) is 70.2 Å². The fourth-order valence-corrected chi connectivity index (χ4v) is 4.39. The molecule has 2 aromatic carbocycles. The number of carbonyl (C=O) groups excluding carboxylic acids is 1. The van der Waals surface area contributed by atoms with Gasteiger partial charge in [-0.15, -0.1) is 0 Å². The molecule has 0 unspecified atom stereocenters. The average Bonchev–Trinajstić information content (AvgIpc) is 3.48. The van der Waals surface area contributed by atoms with Gasteiger partial charge in [0.2, 0.25) is 5.91 Å². The highest BCUT2D eigenvalue weighted by molar-refractivity contribution is 6.30. The van der Waals surface area contributed by atoms with E-state index in [0.717, 1.165) is 57.5 Å². The Morgan fingerprint density at radius 2 is 1.85 bits per heavy atom. The minimum atomic E-state index is -0.323. The van der Waals surface area contributed by atoms with Crippen LogP contribution in [0, 0.1) is 6.92 Å². The predicted octanol–water partition coefficient (Wildman–Crippen LogP) is 4.41. The molecule has 0 N–H and O–H groups in total. The zero-order valence-corrected chi connectivity index (χ0v) is 16.7. The molecule has 1 amide bonds. The first kappa shape index (κ1) is 18.5. The highest BCUT2D eigenvalue weighted by Crippen LogP contribution is 2.50. The molecule has 0 aromatic heterocycles. The third-order valence-electron chi connectivity index (χ3n) is 6.07. The average molecular weight is 383 g/mol. The maximum absolute atomic E-state index is 13.3. The van der Waals surface area contributed by atoms with E-state index in [2.05, 4.69) is 47.1 Å². The summed E-state index contributed by atoms with van der Waals surface area (Å²) in [6, 6.07) is 16.4. The Morgan fingerprint density at radius 1 is 1.04 bits per heavy atom. The molecule has 1 heterocycles. The molecule has 4 heteroatoms. The first-order valence-electron chi connectivity index (χ1n) is 9.91. The first-order chi connectivity index (χ1) is 13.1. The van der Waals surface area contributed by atoms with Crippen LogP contribution in [0.15, 0.2) is 48.5 Å². The summed E-state index contributed by atoms with van der Waals surface area (Å²) in [6.07, 6.45) is 2.91. The van der Waals surface area contributed by atoms with E-state index in [4.69, 9.17) is 11.6 Å². The molecule has 0 radical (unpaired) electrons. The fraction of sp³-hybridized carbons (Fsp3) is 0.435. The van der Waals surface area contributed by atoms with Crippen molar-refractivity contribution in [2.45, 2.75) is 38.1 Å². The SMILES string of the molecule is Cc1ccccc1CN1CCCN(C(=O)C2(c3cccc(Cl)c3)CC2)CC1. The van der Waals surface area contributed by atoms with Gasteiger partial charge in [0.15, 0.2) is 0 Å². The summed E-state index contributed by atoms with van der Waals surface area (Å²) < 4.78 is 0. The lowest BCUT2D eigenvalue weighted by Gasteiger charge is -2.27. The minimum Gasteiger partial charge on any atom is -0.341 e. The van der Waals surface area contributed by atoms with Crippen molar-refractivity contribution in [3.63, 3.8) is 0 Å². The van der Waals surface area contributed by atoms with Gasteiger partial charge in [0.25, 0.3) is 0 Å². The van der Waals surface area contributed by atoms with E-state index in [9.17, 15) is 4.79 Å². The maximum Gasteiger partial charge on any atom is 0.233 e. The lowest BCUT2D eigenvalue weighted by Crippen LogP contribution is -2.41. The Labute approximate surface area is 166 Å².